The highest BCUT2D eigenvalue weighted by Gasteiger charge is 2.34. The van der Waals surface area contributed by atoms with Gasteiger partial charge in [-0.1, -0.05) is 44.2 Å². The molecule has 1 aromatic carbocycles. The number of benzene rings is 1. The van der Waals surface area contributed by atoms with E-state index in [4.69, 9.17) is 5.73 Å². The Bertz CT molecular complexity index is 493. The van der Waals surface area contributed by atoms with Crippen LogP contribution in [0.2, 0.25) is 0 Å². The van der Waals surface area contributed by atoms with Crippen LogP contribution in [-0.2, 0) is 5.54 Å². The summed E-state index contributed by atoms with van der Waals surface area (Å²) in [5.41, 5.74) is 6.81. The lowest BCUT2D eigenvalue weighted by Crippen LogP contribution is -2.49. The molecule has 114 valence electrons. The molecule has 1 saturated carbocycles. The van der Waals surface area contributed by atoms with Crippen LogP contribution in [0.5, 0.6) is 0 Å². The Hall–Kier alpha value is -1.37. The molecule has 0 heterocycles. The van der Waals surface area contributed by atoms with E-state index in [0.29, 0.717) is 18.0 Å². The summed E-state index contributed by atoms with van der Waals surface area (Å²) in [6.07, 6.45) is 4.88. The van der Waals surface area contributed by atoms with Crippen molar-refractivity contribution in [2.24, 2.45) is 11.1 Å². The van der Waals surface area contributed by atoms with Crippen molar-refractivity contribution in [3.63, 3.8) is 0 Å². The average molecular weight is 285 g/mol. The van der Waals surface area contributed by atoms with Crippen LogP contribution in [0.15, 0.2) is 30.3 Å². The van der Waals surface area contributed by atoms with Crippen molar-refractivity contribution in [2.45, 2.75) is 51.1 Å². The highest BCUT2D eigenvalue weighted by atomic mass is 15.2. The summed E-state index contributed by atoms with van der Waals surface area (Å²) in [7, 11) is 2.10. The Balaban J connectivity index is 2.04. The smallest absolute Gasteiger partial charge is 0.142 e. The summed E-state index contributed by atoms with van der Waals surface area (Å²) in [6.45, 7) is 5.27. The summed E-state index contributed by atoms with van der Waals surface area (Å²) in [4.78, 5) is 2.28. The van der Waals surface area contributed by atoms with Gasteiger partial charge in [0, 0.05) is 12.6 Å². The fraction of sp³-hybridized carbons (Fsp3) is 0.611. The molecule has 1 unspecified atom stereocenters. The standard InChI is InChI=1S/C18H27N3/c1-17(2)11-9-16(10-12-17)21(3)14-18(20,13-19)15-7-5-4-6-8-15/h4-8,16H,9-12,14,20H2,1-3H3. The Morgan fingerprint density at radius 3 is 2.38 bits per heavy atom. The van der Waals surface area contributed by atoms with Crippen molar-refractivity contribution < 1.29 is 0 Å². The molecule has 1 fully saturated rings. The Kier molecular flexibility index (Phi) is 4.70. The van der Waals surface area contributed by atoms with Crippen LogP contribution in [0.4, 0.5) is 0 Å². The topological polar surface area (TPSA) is 53.0 Å². The molecule has 1 aromatic rings. The number of rotatable bonds is 4. The van der Waals surface area contributed by atoms with Gasteiger partial charge < -0.3 is 10.6 Å². The zero-order valence-electron chi connectivity index (χ0n) is 13.5. The molecule has 2 N–H and O–H groups in total. The summed E-state index contributed by atoms with van der Waals surface area (Å²) in [6, 6.07) is 12.6. The fourth-order valence-electron chi connectivity index (χ4n) is 3.27. The molecule has 0 aliphatic heterocycles. The predicted molar refractivity (Wildman–Crippen MR) is 86.6 cm³/mol. The van der Waals surface area contributed by atoms with Crippen molar-refractivity contribution in [3.8, 4) is 6.07 Å². The molecule has 0 radical (unpaired) electrons. The van der Waals surface area contributed by atoms with Gasteiger partial charge in [-0.3, -0.25) is 0 Å². The molecule has 0 bridgehead atoms. The van der Waals surface area contributed by atoms with Gasteiger partial charge in [0.1, 0.15) is 5.54 Å². The lowest BCUT2D eigenvalue weighted by Gasteiger charge is -2.40. The van der Waals surface area contributed by atoms with E-state index in [2.05, 4.69) is 31.9 Å². The molecule has 3 nitrogen and oxygen atoms in total. The molecule has 1 aliphatic carbocycles. The molecule has 1 aliphatic rings. The molecule has 1 atom stereocenters. The second-order valence-corrected chi connectivity index (χ2v) is 7.26. The summed E-state index contributed by atoms with van der Waals surface area (Å²) >= 11 is 0. The van der Waals surface area contributed by atoms with Crippen molar-refractivity contribution in [1.82, 2.24) is 4.90 Å². The number of hydrogen-bond acceptors (Lipinski definition) is 3. The number of nitrogens with zero attached hydrogens (tertiary/aromatic N) is 2. The van der Waals surface area contributed by atoms with E-state index in [0.717, 1.165) is 5.56 Å². The van der Waals surface area contributed by atoms with E-state index in [1.54, 1.807) is 0 Å². The second-order valence-electron chi connectivity index (χ2n) is 7.26. The van der Waals surface area contributed by atoms with Gasteiger partial charge in [-0.05, 0) is 43.7 Å². The van der Waals surface area contributed by atoms with E-state index >= 15 is 0 Å². The largest absolute Gasteiger partial charge is 0.309 e. The Labute approximate surface area is 128 Å². The Morgan fingerprint density at radius 2 is 1.86 bits per heavy atom. The van der Waals surface area contributed by atoms with Gasteiger partial charge in [-0.15, -0.1) is 0 Å². The molecule has 2 rings (SSSR count). The number of likely N-dealkylation sites (N-methyl/N-ethyl adjacent to an activating group) is 1. The average Bonchev–Trinajstić information content (AvgIpc) is 2.47. The highest BCUT2D eigenvalue weighted by Crippen LogP contribution is 2.37. The van der Waals surface area contributed by atoms with Crippen molar-refractivity contribution in [2.75, 3.05) is 13.6 Å². The van der Waals surface area contributed by atoms with Crippen LogP contribution >= 0.6 is 0 Å². The lowest BCUT2D eigenvalue weighted by atomic mass is 9.75. The first-order valence-corrected chi connectivity index (χ1v) is 7.82. The summed E-state index contributed by atoms with van der Waals surface area (Å²) < 4.78 is 0. The predicted octanol–water partition coefficient (Wildman–Crippen LogP) is 3.26. The first-order valence-electron chi connectivity index (χ1n) is 7.82. The second kappa shape index (κ2) is 6.17. The van der Waals surface area contributed by atoms with Crippen LogP contribution in [0.25, 0.3) is 0 Å². The molecule has 0 amide bonds. The first kappa shape index (κ1) is 16.0. The van der Waals surface area contributed by atoms with Crippen molar-refractivity contribution >= 4 is 0 Å². The summed E-state index contributed by atoms with van der Waals surface area (Å²) in [5, 5.41) is 9.57. The van der Waals surface area contributed by atoms with Crippen LogP contribution < -0.4 is 5.73 Å². The van der Waals surface area contributed by atoms with Crippen LogP contribution in [0.1, 0.15) is 45.1 Å². The molecule has 3 heteroatoms. The van der Waals surface area contributed by atoms with Gasteiger partial charge in [0.05, 0.1) is 6.07 Å². The third-order valence-electron chi connectivity index (χ3n) is 4.92. The zero-order chi connectivity index (χ0) is 15.5. The molecule has 0 saturated heterocycles. The van der Waals surface area contributed by atoms with Gasteiger partial charge >= 0.3 is 0 Å². The maximum absolute atomic E-state index is 9.57. The first-order chi connectivity index (χ1) is 9.86. The molecule has 0 aromatic heterocycles. The fourth-order valence-corrected chi connectivity index (χ4v) is 3.27. The van der Waals surface area contributed by atoms with Crippen molar-refractivity contribution in [1.29, 1.82) is 5.26 Å². The maximum Gasteiger partial charge on any atom is 0.142 e. The minimum atomic E-state index is -0.928. The van der Waals surface area contributed by atoms with Gasteiger partial charge in [0.15, 0.2) is 0 Å². The third kappa shape index (κ3) is 3.84. The van der Waals surface area contributed by atoms with E-state index in [1.165, 1.54) is 25.7 Å². The van der Waals surface area contributed by atoms with Crippen LogP contribution in [0.3, 0.4) is 0 Å². The minimum absolute atomic E-state index is 0.464. The van der Waals surface area contributed by atoms with E-state index in [9.17, 15) is 5.26 Å². The lowest BCUT2D eigenvalue weighted by molar-refractivity contribution is 0.115. The third-order valence-corrected chi connectivity index (χ3v) is 4.92. The number of hydrogen-bond donors (Lipinski definition) is 1. The zero-order valence-corrected chi connectivity index (χ0v) is 13.5. The van der Waals surface area contributed by atoms with E-state index in [1.807, 2.05) is 30.3 Å². The molecule has 21 heavy (non-hydrogen) atoms. The van der Waals surface area contributed by atoms with Crippen molar-refractivity contribution in [3.05, 3.63) is 35.9 Å². The summed E-state index contributed by atoms with van der Waals surface area (Å²) in [5.74, 6) is 0. The van der Waals surface area contributed by atoms with Gasteiger partial charge in [0.25, 0.3) is 0 Å². The van der Waals surface area contributed by atoms with Gasteiger partial charge in [-0.25, -0.2) is 0 Å². The molecule has 0 spiro atoms. The van der Waals surface area contributed by atoms with Crippen LogP contribution in [-0.4, -0.2) is 24.5 Å². The van der Waals surface area contributed by atoms with E-state index in [-0.39, 0.29) is 0 Å². The van der Waals surface area contributed by atoms with Gasteiger partial charge in [0.2, 0.25) is 0 Å². The highest BCUT2D eigenvalue weighted by molar-refractivity contribution is 5.31. The molecular formula is C18H27N3. The quantitative estimate of drug-likeness (QED) is 0.923. The monoisotopic (exact) mass is 285 g/mol. The van der Waals surface area contributed by atoms with E-state index < -0.39 is 5.54 Å². The maximum atomic E-state index is 9.57. The molecular weight excluding hydrogens is 258 g/mol. The van der Waals surface area contributed by atoms with Gasteiger partial charge in [-0.2, -0.15) is 5.26 Å². The van der Waals surface area contributed by atoms with Crippen LogP contribution in [0, 0.1) is 16.7 Å². The SMILES string of the molecule is CN(CC(N)(C#N)c1ccccc1)C1CCC(C)(C)CC1. The Morgan fingerprint density at radius 1 is 1.29 bits per heavy atom. The normalized spacial score (nSPS) is 21.7. The number of nitriles is 1. The minimum Gasteiger partial charge on any atom is -0.309 e. The number of nitrogens with two attached hydrogens (primary N) is 1.